The maximum Gasteiger partial charge on any atom is 0.521 e. The number of carboxylic acids is 1. The summed E-state index contributed by atoms with van der Waals surface area (Å²) in [6, 6.07) is 0. The monoisotopic (exact) mass is 410 g/mol. The lowest BCUT2D eigenvalue weighted by Crippen LogP contribution is -2.43. The summed E-state index contributed by atoms with van der Waals surface area (Å²) in [4.78, 5) is 11.3. The van der Waals surface area contributed by atoms with E-state index in [9.17, 15) is 9.90 Å². The van der Waals surface area contributed by atoms with Gasteiger partial charge in [0.25, 0.3) is 0 Å². The molecular weight excluding hydrogens is 368 g/mol. The maximum atomic E-state index is 11.3. The number of aliphatic carboxylic acids is 1. The molecule has 5 heteroatoms. The maximum absolute atomic E-state index is 11.3. The molecule has 0 saturated heterocycles. The lowest BCUT2D eigenvalue weighted by Gasteiger charge is -2.25. The molecule has 0 atom stereocenters. The SMILES string of the molecule is C=COC(OC=C)(OC=CCCCCCCCCCCCCCCCC)C(=O)O. The molecule has 0 aromatic rings. The Morgan fingerprint density at radius 2 is 1.17 bits per heavy atom. The first-order chi connectivity index (χ1) is 14.1. The molecule has 0 unspecified atom stereocenters. The van der Waals surface area contributed by atoms with Crippen molar-refractivity contribution in [2.24, 2.45) is 0 Å². The molecule has 0 aromatic carbocycles. The number of unbranched alkanes of at least 4 members (excludes halogenated alkanes) is 14. The quantitative estimate of drug-likeness (QED) is 0.114. The van der Waals surface area contributed by atoms with Crippen LogP contribution in [0, 0.1) is 0 Å². The van der Waals surface area contributed by atoms with Crippen LogP contribution in [0.25, 0.3) is 0 Å². The Kier molecular flexibility index (Phi) is 18.1. The van der Waals surface area contributed by atoms with Gasteiger partial charge < -0.3 is 19.3 Å². The van der Waals surface area contributed by atoms with E-state index in [1.54, 1.807) is 6.08 Å². The molecule has 0 rings (SSSR count). The van der Waals surface area contributed by atoms with Gasteiger partial charge in [0.15, 0.2) is 0 Å². The van der Waals surface area contributed by atoms with Gasteiger partial charge in [-0.3, -0.25) is 0 Å². The van der Waals surface area contributed by atoms with Crippen LogP contribution in [-0.4, -0.2) is 17.0 Å². The molecule has 0 heterocycles. The van der Waals surface area contributed by atoms with Crippen molar-refractivity contribution in [3.8, 4) is 0 Å². The summed E-state index contributed by atoms with van der Waals surface area (Å²) in [6.45, 7) is 8.93. The van der Waals surface area contributed by atoms with E-state index in [0.29, 0.717) is 0 Å². The molecule has 0 fully saturated rings. The summed E-state index contributed by atoms with van der Waals surface area (Å²) in [5.74, 6) is -3.69. The van der Waals surface area contributed by atoms with E-state index in [1.165, 1.54) is 83.3 Å². The van der Waals surface area contributed by atoms with E-state index in [-0.39, 0.29) is 0 Å². The fourth-order valence-corrected chi connectivity index (χ4v) is 3.12. The number of hydrogen-bond donors (Lipinski definition) is 1. The first-order valence-electron chi connectivity index (χ1n) is 11.3. The van der Waals surface area contributed by atoms with Gasteiger partial charge in [-0.05, 0) is 18.9 Å². The van der Waals surface area contributed by atoms with Gasteiger partial charge in [0.2, 0.25) is 0 Å². The Balaban J connectivity index is 3.61. The van der Waals surface area contributed by atoms with Crippen LogP contribution in [-0.2, 0) is 19.0 Å². The summed E-state index contributed by atoms with van der Waals surface area (Å²) >= 11 is 0. The van der Waals surface area contributed by atoms with Crippen molar-refractivity contribution in [1.29, 1.82) is 0 Å². The molecule has 0 radical (unpaired) electrons. The predicted octanol–water partition coefficient (Wildman–Crippen LogP) is 7.45. The Morgan fingerprint density at radius 3 is 1.55 bits per heavy atom. The van der Waals surface area contributed by atoms with E-state index in [1.807, 2.05) is 0 Å². The molecular formula is C24H42O5. The van der Waals surface area contributed by atoms with Crippen LogP contribution in [0.1, 0.15) is 103 Å². The lowest BCUT2D eigenvalue weighted by atomic mass is 10.0. The first kappa shape index (κ1) is 27.1. The molecule has 1 N–H and O–H groups in total. The largest absolute Gasteiger partial charge is 0.521 e. The van der Waals surface area contributed by atoms with E-state index in [2.05, 4.69) is 20.1 Å². The molecule has 0 saturated carbocycles. The zero-order valence-electron chi connectivity index (χ0n) is 18.4. The van der Waals surface area contributed by atoms with Crippen molar-refractivity contribution < 1.29 is 24.1 Å². The van der Waals surface area contributed by atoms with Crippen LogP contribution in [0.4, 0.5) is 0 Å². The summed E-state index contributed by atoms with van der Waals surface area (Å²) < 4.78 is 14.8. The van der Waals surface area contributed by atoms with Crippen molar-refractivity contribution in [3.05, 3.63) is 38.0 Å². The molecule has 168 valence electrons. The number of carboxylic acid groups (broad SMARTS) is 1. The van der Waals surface area contributed by atoms with Gasteiger partial charge in [-0.2, -0.15) is 0 Å². The molecule has 0 aromatic heterocycles. The molecule has 0 amide bonds. The van der Waals surface area contributed by atoms with Crippen LogP contribution in [0.3, 0.4) is 0 Å². The summed E-state index contributed by atoms with van der Waals surface area (Å²) in [6.07, 6.45) is 24.3. The highest BCUT2D eigenvalue weighted by Gasteiger charge is 2.45. The second kappa shape index (κ2) is 19.4. The topological polar surface area (TPSA) is 65.0 Å². The second-order valence-corrected chi connectivity index (χ2v) is 7.30. The molecule has 0 aliphatic rings. The van der Waals surface area contributed by atoms with Gasteiger partial charge in [0.1, 0.15) is 0 Å². The van der Waals surface area contributed by atoms with Gasteiger partial charge in [-0.15, -0.1) is 0 Å². The predicted molar refractivity (Wildman–Crippen MR) is 118 cm³/mol. The number of carbonyl (C=O) groups is 1. The van der Waals surface area contributed by atoms with Gasteiger partial charge in [0, 0.05) is 0 Å². The van der Waals surface area contributed by atoms with E-state index in [4.69, 9.17) is 14.2 Å². The van der Waals surface area contributed by atoms with Crippen molar-refractivity contribution >= 4 is 5.97 Å². The highest BCUT2D eigenvalue weighted by atomic mass is 16.9. The van der Waals surface area contributed by atoms with Gasteiger partial charge >= 0.3 is 11.9 Å². The third-order valence-electron chi connectivity index (χ3n) is 4.78. The average molecular weight is 411 g/mol. The third-order valence-corrected chi connectivity index (χ3v) is 4.78. The van der Waals surface area contributed by atoms with E-state index in [0.717, 1.165) is 31.8 Å². The second-order valence-electron chi connectivity index (χ2n) is 7.30. The number of rotatable bonds is 22. The zero-order valence-corrected chi connectivity index (χ0v) is 18.4. The van der Waals surface area contributed by atoms with Crippen molar-refractivity contribution in [2.45, 2.75) is 109 Å². The van der Waals surface area contributed by atoms with Crippen molar-refractivity contribution in [1.82, 2.24) is 0 Å². The Hall–Kier alpha value is -1.91. The molecule has 0 aliphatic heterocycles. The van der Waals surface area contributed by atoms with E-state index < -0.39 is 11.9 Å². The third kappa shape index (κ3) is 14.7. The summed E-state index contributed by atoms with van der Waals surface area (Å²) in [5, 5.41) is 9.22. The molecule has 0 bridgehead atoms. The zero-order chi connectivity index (χ0) is 21.6. The Bertz CT molecular complexity index is 435. The fraction of sp³-hybridized carbons (Fsp3) is 0.708. The van der Waals surface area contributed by atoms with Crippen LogP contribution >= 0.6 is 0 Å². The lowest BCUT2D eigenvalue weighted by molar-refractivity contribution is -0.305. The summed E-state index contributed by atoms with van der Waals surface area (Å²) in [7, 11) is 0. The highest BCUT2D eigenvalue weighted by molar-refractivity contribution is 5.74. The number of allylic oxidation sites excluding steroid dienone is 1. The van der Waals surface area contributed by atoms with Gasteiger partial charge in [0.05, 0.1) is 18.8 Å². The minimum atomic E-state index is -2.27. The van der Waals surface area contributed by atoms with E-state index >= 15 is 0 Å². The average Bonchev–Trinajstić information content (AvgIpc) is 2.70. The van der Waals surface area contributed by atoms with Crippen LogP contribution < -0.4 is 0 Å². The minimum Gasteiger partial charge on any atom is -0.472 e. The molecule has 5 nitrogen and oxygen atoms in total. The van der Waals surface area contributed by atoms with Crippen molar-refractivity contribution in [3.63, 3.8) is 0 Å². The number of hydrogen-bond acceptors (Lipinski definition) is 4. The number of ether oxygens (including phenoxy) is 3. The Morgan fingerprint density at radius 1 is 0.759 bits per heavy atom. The molecule has 0 spiro atoms. The normalized spacial score (nSPS) is 11.3. The fourth-order valence-electron chi connectivity index (χ4n) is 3.12. The van der Waals surface area contributed by atoms with Crippen LogP contribution in [0.2, 0.25) is 0 Å². The smallest absolute Gasteiger partial charge is 0.472 e. The first-order valence-corrected chi connectivity index (χ1v) is 11.3. The minimum absolute atomic E-state index is 0.815. The van der Waals surface area contributed by atoms with Gasteiger partial charge in [-0.25, -0.2) is 4.79 Å². The highest BCUT2D eigenvalue weighted by Crippen LogP contribution is 2.18. The van der Waals surface area contributed by atoms with Gasteiger partial charge in [-0.1, -0.05) is 104 Å². The standard InChI is InChI=1S/C24H42O5/c1-4-7-8-9-10-11-12-13-14-15-16-17-18-19-20-21-22-29-24(23(25)26,27-5-2)28-6-3/h5-6,21-22H,2-4,7-20H2,1H3,(H,25,26). The van der Waals surface area contributed by atoms with Crippen molar-refractivity contribution in [2.75, 3.05) is 0 Å². The van der Waals surface area contributed by atoms with Crippen LogP contribution in [0.5, 0.6) is 0 Å². The molecule has 29 heavy (non-hydrogen) atoms. The summed E-state index contributed by atoms with van der Waals surface area (Å²) in [5.41, 5.74) is 0. The Labute approximate surface area is 177 Å². The van der Waals surface area contributed by atoms with Crippen LogP contribution in [0.15, 0.2) is 38.0 Å². The molecule has 0 aliphatic carbocycles.